The summed E-state index contributed by atoms with van der Waals surface area (Å²) in [6.07, 6.45) is 1.83. The second-order valence-corrected chi connectivity index (χ2v) is 6.73. The monoisotopic (exact) mass is 339 g/mol. The van der Waals surface area contributed by atoms with Gasteiger partial charge in [0.15, 0.2) is 0 Å². The number of anilines is 1. The van der Waals surface area contributed by atoms with E-state index in [9.17, 15) is 4.79 Å². The number of hydrogen-bond donors (Lipinski definition) is 1. The highest BCUT2D eigenvalue weighted by Crippen LogP contribution is 2.24. The molecular formula is C22H29NO2. The highest BCUT2D eigenvalue weighted by Gasteiger charge is 2.10. The summed E-state index contributed by atoms with van der Waals surface area (Å²) in [5.74, 6) is 1.65. The molecule has 0 aromatic heterocycles. The van der Waals surface area contributed by atoms with Crippen LogP contribution in [0.5, 0.6) is 5.75 Å². The lowest BCUT2D eigenvalue weighted by Gasteiger charge is -2.15. The lowest BCUT2D eigenvalue weighted by molar-refractivity contribution is -0.118. The predicted octanol–water partition coefficient (Wildman–Crippen LogP) is 4.90. The number of rotatable bonds is 10. The number of aryl methyl sites for hydroxylation is 1. The van der Waals surface area contributed by atoms with Gasteiger partial charge < -0.3 is 10.1 Å². The van der Waals surface area contributed by atoms with Crippen molar-refractivity contribution < 1.29 is 9.53 Å². The average Bonchev–Trinajstić information content (AvgIpc) is 2.61. The van der Waals surface area contributed by atoms with Crippen LogP contribution in [0.25, 0.3) is 0 Å². The van der Waals surface area contributed by atoms with Crippen molar-refractivity contribution in [3.8, 4) is 5.75 Å². The first kappa shape index (κ1) is 19.0. The van der Waals surface area contributed by atoms with Crippen LogP contribution in [0.4, 0.5) is 5.69 Å². The Morgan fingerprint density at radius 3 is 2.56 bits per heavy atom. The molecule has 0 unspecified atom stereocenters. The zero-order chi connectivity index (χ0) is 18.1. The van der Waals surface area contributed by atoms with Crippen LogP contribution in [0.15, 0.2) is 48.5 Å². The van der Waals surface area contributed by atoms with E-state index in [0.717, 1.165) is 30.0 Å². The molecule has 134 valence electrons. The number of ether oxygens (including phenoxy) is 1. The number of carbonyl (C=O) groups is 1. The lowest BCUT2D eigenvalue weighted by atomic mass is 10.0. The maximum absolute atomic E-state index is 12.4. The highest BCUT2D eigenvalue weighted by molar-refractivity contribution is 5.83. The molecule has 0 heterocycles. The number of nitrogens with one attached hydrogen (secondary N) is 1. The van der Waals surface area contributed by atoms with Gasteiger partial charge in [-0.3, -0.25) is 4.79 Å². The van der Waals surface area contributed by atoms with E-state index in [1.165, 1.54) is 5.56 Å². The van der Waals surface area contributed by atoms with Gasteiger partial charge in [-0.15, -0.1) is 0 Å². The smallest absolute Gasteiger partial charge is 0.137 e. The van der Waals surface area contributed by atoms with E-state index >= 15 is 0 Å². The van der Waals surface area contributed by atoms with Gasteiger partial charge in [0.2, 0.25) is 0 Å². The van der Waals surface area contributed by atoms with E-state index in [-0.39, 0.29) is 5.78 Å². The fourth-order valence-corrected chi connectivity index (χ4v) is 2.67. The zero-order valence-corrected chi connectivity index (χ0v) is 15.5. The van der Waals surface area contributed by atoms with E-state index in [4.69, 9.17) is 4.74 Å². The van der Waals surface area contributed by atoms with Crippen molar-refractivity contribution >= 4 is 11.5 Å². The Morgan fingerprint density at radius 1 is 1.12 bits per heavy atom. The summed E-state index contributed by atoms with van der Waals surface area (Å²) in [5.41, 5.74) is 3.26. The minimum Gasteiger partial charge on any atom is -0.494 e. The summed E-state index contributed by atoms with van der Waals surface area (Å²) in [6, 6.07) is 16.1. The van der Waals surface area contributed by atoms with E-state index < -0.39 is 0 Å². The molecule has 0 aliphatic carbocycles. The van der Waals surface area contributed by atoms with E-state index in [0.29, 0.717) is 25.4 Å². The topological polar surface area (TPSA) is 38.3 Å². The van der Waals surface area contributed by atoms with Gasteiger partial charge in [0.25, 0.3) is 0 Å². The van der Waals surface area contributed by atoms with E-state index in [1.54, 1.807) is 0 Å². The molecule has 1 N–H and O–H groups in total. The molecule has 3 heteroatoms. The van der Waals surface area contributed by atoms with Crippen molar-refractivity contribution in [2.45, 2.75) is 40.0 Å². The summed E-state index contributed by atoms with van der Waals surface area (Å²) < 4.78 is 5.59. The van der Waals surface area contributed by atoms with Crippen molar-refractivity contribution in [3.63, 3.8) is 0 Å². The van der Waals surface area contributed by atoms with Crippen LogP contribution in [0, 0.1) is 5.92 Å². The Balaban J connectivity index is 2.01. The number of carbonyl (C=O) groups excluding carboxylic acids is 1. The van der Waals surface area contributed by atoms with Crippen LogP contribution in [-0.4, -0.2) is 18.9 Å². The van der Waals surface area contributed by atoms with Crippen LogP contribution < -0.4 is 10.1 Å². The second-order valence-electron chi connectivity index (χ2n) is 6.73. The number of ketones is 1. The normalized spacial score (nSPS) is 10.7. The lowest BCUT2D eigenvalue weighted by Crippen LogP contribution is -2.12. The molecule has 0 amide bonds. The van der Waals surface area contributed by atoms with Gasteiger partial charge in [0.1, 0.15) is 11.5 Å². The molecule has 0 atom stereocenters. The standard InChI is InChI=1S/C22H29NO2/c1-4-25-21-13-11-19(22(15-21)23-16-17(2)3)14-20(24)12-10-18-8-6-5-7-9-18/h5-9,11,13,15,17,23H,4,10,12,14,16H2,1-3H3. The van der Waals surface area contributed by atoms with Gasteiger partial charge in [-0.2, -0.15) is 0 Å². The van der Waals surface area contributed by atoms with Gasteiger partial charge in [-0.05, 0) is 36.5 Å². The summed E-state index contributed by atoms with van der Waals surface area (Å²) >= 11 is 0. The molecule has 2 rings (SSSR count). The molecule has 2 aromatic carbocycles. The first-order chi connectivity index (χ1) is 12.1. The Bertz CT molecular complexity index is 665. The van der Waals surface area contributed by atoms with Crippen LogP contribution in [0.3, 0.4) is 0 Å². The summed E-state index contributed by atoms with van der Waals surface area (Å²) in [7, 11) is 0. The molecular weight excluding hydrogens is 310 g/mol. The quantitative estimate of drug-likeness (QED) is 0.669. The van der Waals surface area contributed by atoms with Gasteiger partial charge in [-0.25, -0.2) is 0 Å². The molecule has 3 nitrogen and oxygen atoms in total. The third kappa shape index (κ3) is 6.61. The molecule has 0 spiro atoms. The third-order valence-electron chi connectivity index (χ3n) is 4.02. The summed E-state index contributed by atoms with van der Waals surface area (Å²) in [6.45, 7) is 7.83. The molecule has 0 saturated carbocycles. The van der Waals surface area contributed by atoms with Crippen molar-refractivity contribution in [1.82, 2.24) is 0 Å². The largest absolute Gasteiger partial charge is 0.494 e. The molecule has 25 heavy (non-hydrogen) atoms. The van der Waals surface area contributed by atoms with Crippen LogP contribution >= 0.6 is 0 Å². The molecule has 0 aliphatic rings. The second kappa shape index (κ2) is 9.87. The number of hydrogen-bond acceptors (Lipinski definition) is 3. The maximum atomic E-state index is 12.4. The minimum absolute atomic E-state index is 0.264. The number of Topliss-reactive ketones (excluding diaryl/α,β-unsaturated/α-hetero) is 1. The molecule has 2 aromatic rings. The molecule has 0 fully saturated rings. The van der Waals surface area contributed by atoms with Crippen LogP contribution in [0.1, 0.15) is 38.3 Å². The van der Waals surface area contributed by atoms with Crippen molar-refractivity contribution in [2.24, 2.45) is 5.92 Å². The fourth-order valence-electron chi connectivity index (χ4n) is 2.67. The number of benzene rings is 2. The van der Waals surface area contributed by atoms with Gasteiger partial charge >= 0.3 is 0 Å². The van der Waals surface area contributed by atoms with Crippen molar-refractivity contribution in [3.05, 3.63) is 59.7 Å². The van der Waals surface area contributed by atoms with Crippen molar-refractivity contribution in [2.75, 3.05) is 18.5 Å². The fraction of sp³-hybridized carbons (Fsp3) is 0.409. The zero-order valence-electron chi connectivity index (χ0n) is 15.5. The van der Waals surface area contributed by atoms with E-state index in [2.05, 4.69) is 31.3 Å². The Hall–Kier alpha value is -2.29. The SMILES string of the molecule is CCOc1ccc(CC(=O)CCc2ccccc2)c(NCC(C)C)c1. The molecule has 0 aliphatic heterocycles. The van der Waals surface area contributed by atoms with Crippen LogP contribution in [-0.2, 0) is 17.6 Å². The van der Waals surface area contributed by atoms with Crippen LogP contribution in [0.2, 0.25) is 0 Å². The highest BCUT2D eigenvalue weighted by atomic mass is 16.5. The first-order valence-corrected chi connectivity index (χ1v) is 9.13. The Kier molecular flexibility index (Phi) is 7.52. The van der Waals surface area contributed by atoms with Gasteiger partial charge in [-0.1, -0.05) is 50.2 Å². The third-order valence-corrected chi connectivity index (χ3v) is 4.02. The van der Waals surface area contributed by atoms with Gasteiger partial charge in [0.05, 0.1) is 6.61 Å². The Morgan fingerprint density at radius 2 is 1.88 bits per heavy atom. The molecule has 0 bridgehead atoms. The molecule has 0 radical (unpaired) electrons. The summed E-state index contributed by atoms with van der Waals surface area (Å²) in [5, 5.41) is 3.46. The first-order valence-electron chi connectivity index (χ1n) is 9.13. The summed E-state index contributed by atoms with van der Waals surface area (Å²) in [4.78, 5) is 12.4. The minimum atomic E-state index is 0.264. The van der Waals surface area contributed by atoms with E-state index in [1.807, 2.05) is 43.3 Å². The predicted molar refractivity (Wildman–Crippen MR) is 104 cm³/mol. The van der Waals surface area contributed by atoms with Crippen molar-refractivity contribution in [1.29, 1.82) is 0 Å². The maximum Gasteiger partial charge on any atom is 0.137 e. The van der Waals surface area contributed by atoms with Gasteiger partial charge in [0, 0.05) is 31.1 Å². The average molecular weight is 339 g/mol. The molecule has 0 saturated heterocycles. The Labute approximate surface area is 151 Å².